The summed E-state index contributed by atoms with van der Waals surface area (Å²) in [5, 5.41) is 0. The van der Waals surface area contributed by atoms with Gasteiger partial charge in [0, 0.05) is 56.3 Å². The van der Waals surface area contributed by atoms with E-state index < -0.39 is 0 Å². The Labute approximate surface area is 233 Å². The minimum absolute atomic E-state index is 0. The molecule has 0 aliphatic rings. The minimum atomic E-state index is 0. The first kappa shape index (κ1) is 27.4. The molecule has 37 heavy (non-hydrogen) atoms. The molecule has 184 valence electrons. The van der Waals surface area contributed by atoms with Crippen LogP contribution >= 0.6 is 0 Å². The van der Waals surface area contributed by atoms with E-state index in [4.69, 9.17) is 0 Å². The van der Waals surface area contributed by atoms with E-state index in [9.17, 15) is 0 Å². The summed E-state index contributed by atoms with van der Waals surface area (Å²) >= 11 is 0. The first-order valence-electron chi connectivity index (χ1n) is 11.8. The molecule has 3 aromatic carbocycles. The summed E-state index contributed by atoms with van der Waals surface area (Å²) in [4.78, 5) is 12.7. The van der Waals surface area contributed by atoms with Crippen LogP contribution in [0.15, 0.2) is 164 Å². The Morgan fingerprint density at radius 3 is 0.730 bits per heavy atom. The number of hydrogen-bond donors (Lipinski definition) is 0. The summed E-state index contributed by atoms with van der Waals surface area (Å²) in [5.41, 5.74) is 6.57. The van der Waals surface area contributed by atoms with Gasteiger partial charge in [0.05, 0.1) is 17.1 Å². The van der Waals surface area contributed by atoms with E-state index in [-0.39, 0.29) is 21.1 Å². The van der Waals surface area contributed by atoms with Gasteiger partial charge in [-0.05, 0) is 36.4 Å². The predicted octanol–water partition coefficient (Wildman–Crippen LogP) is 8.24. The fourth-order valence-corrected chi connectivity index (χ4v) is 3.43. The molecule has 0 aliphatic heterocycles. The summed E-state index contributed by atoms with van der Waals surface area (Å²) in [6.07, 6.45) is 5.42. The van der Waals surface area contributed by atoms with Gasteiger partial charge in [-0.1, -0.05) is 109 Å². The summed E-state index contributed by atoms with van der Waals surface area (Å²) in [6, 6.07) is 48.3. The zero-order chi connectivity index (χ0) is 24.7. The van der Waals surface area contributed by atoms with E-state index >= 15 is 0 Å². The van der Waals surface area contributed by atoms with Crippen molar-refractivity contribution in [2.75, 3.05) is 0 Å². The smallest absolute Gasteiger partial charge is 0.0701 e. The first-order valence-corrected chi connectivity index (χ1v) is 11.8. The van der Waals surface area contributed by atoms with Gasteiger partial charge in [0.2, 0.25) is 0 Å². The molecule has 0 saturated heterocycles. The van der Waals surface area contributed by atoms with Crippen molar-refractivity contribution in [3.05, 3.63) is 164 Å². The first-order chi connectivity index (χ1) is 17.9. The van der Waals surface area contributed by atoms with Gasteiger partial charge in [-0.2, -0.15) is 0 Å². The zero-order valence-corrected chi connectivity index (χ0v) is 22.5. The normalized spacial score (nSPS) is 9.41. The molecular weight excluding hydrogens is 633 g/mol. The van der Waals surface area contributed by atoms with Crippen molar-refractivity contribution in [2.45, 2.75) is 0 Å². The number of benzene rings is 3. The van der Waals surface area contributed by atoms with E-state index in [1.54, 1.807) is 0 Å². The maximum Gasteiger partial charge on any atom is 0.0701 e. The van der Waals surface area contributed by atoms with Gasteiger partial charge >= 0.3 is 0 Å². The molecule has 3 heterocycles. The molecule has 0 fully saturated rings. The van der Waals surface area contributed by atoms with Crippen LogP contribution in [-0.4, -0.2) is 15.0 Å². The topological polar surface area (TPSA) is 38.7 Å². The maximum absolute atomic E-state index is 4.25. The molecule has 4 heteroatoms. The van der Waals surface area contributed by atoms with Gasteiger partial charge in [0.15, 0.2) is 0 Å². The number of hydrogen-bond acceptors (Lipinski definition) is 3. The molecule has 0 N–H and O–H groups in total. The average molecular weight is 661 g/mol. The Morgan fingerprint density at radius 1 is 0.270 bits per heavy atom. The summed E-state index contributed by atoms with van der Waals surface area (Å²) in [6.45, 7) is 0. The van der Waals surface area contributed by atoms with Gasteiger partial charge in [0.1, 0.15) is 0 Å². The summed E-state index contributed by atoms with van der Waals surface area (Å²) in [7, 11) is 0. The summed E-state index contributed by atoms with van der Waals surface area (Å²) < 4.78 is 0. The van der Waals surface area contributed by atoms with Crippen LogP contribution in [-0.2, 0) is 21.1 Å². The van der Waals surface area contributed by atoms with Crippen molar-refractivity contribution >= 4 is 0 Å². The Morgan fingerprint density at radius 2 is 0.514 bits per heavy atom. The Bertz CT molecular complexity index is 1090. The minimum Gasteiger partial charge on any atom is -0.256 e. The predicted molar refractivity (Wildman–Crippen MR) is 149 cm³/mol. The molecule has 0 atom stereocenters. The molecule has 6 aromatic rings. The van der Waals surface area contributed by atoms with Crippen molar-refractivity contribution in [3.8, 4) is 33.8 Å². The van der Waals surface area contributed by atoms with Crippen LogP contribution in [0.25, 0.3) is 33.8 Å². The van der Waals surface area contributed by atoms with Crippen LogP contribution in [0.1, 0.15) is 0 Å². The molecule has 6 rings (SSSR count). The molecule has 0 spiro atoms. The molecule has 3 aromatic heterocycles. The van der Waals surface area contributed by atoms with Gasteiger partial charge in [-0.3, -0.25) is 15.0 Å². The largest absolute Gasteiger partial charge is 0.256 e. The van der Waals surface area contributed by atoms with Crippen molar-refractivity contribution in [2.24, 2.45) is 0 Å². The molecule has 0 unspecified atom stereocenters. The molecule has 0 bridgehead atoms. The second kappa shape index (κ2) is 15.7. The fourth-order valence-electron chi connectivity index (χ4n) is 3.43. The number of rotatable bonds is 3. The van der Waals surface area contributed by atoms with Crippen LogP contribution in [0.5, 0.6) is 0 Å². The van der Waals surface area contributed by atoms with E-state index in [1.807, 2.05) is 128 Å². The van der Waals surface area contributed by atoms with E-state index in [0.29, 0.717) is 0 Å². The van der Waals surface area contributed by atoms with Gasteiger partial charge in [-0.15, -0.1) is 0 Å². The average Bonchev–Trinajstić information content (AvgIpc) is 3.01. The number of nitrogens with zero attached hydrogens (tertiary/aromatic N) is 3. The van der Waals surface area contributed by atoms with Crippen LogP contribution < -0.4 is 0 Å². The molecule has 0 radical (unpaired) electrons. The van der Waals surface area contributed by atoms with Crippen molar-refractivity contribution in [1.29, 1.82) is 0 Å². The molecular formula is C33H27N3Pt. The van der Waals surface area contributed by atoms with Gasteiger partial charge in [0.25, 0.3) is 0 Å². The van der Waals surface area contributed by atoms with Crippen LogP contribution in [0, 0.1) is 0 Å². The standard InChI is InChI=1S/3C11H9N.Pt/c3*1-2-6-10(7-3-1)11-8-4-5-9-12-11;/h3*1-9H;. The van der Waals surface area contributed by atoms with Crippen LogP contribution in [0.3, 0.4) is 0 Å². The third-order valence-electron chi connectivity index (χ3n) is 5.20. The van der Waals surface area contributed by atoms with Crippen molar-refractivity contribution in [1.82, 2.24) is 15.0 Å². The third kappa shape index (κ3) is 9.07. The molecule has 0 saturated carbocycles. The van der Waals surface area contributed by atoms with Crippen LogP contribution in [0.2, 0.25) is 0 Å². The maximum atomic E-state index is 4.25. The van der Waals surface area contributed by atoms with Crippen LogP contribution in [0.4, 0.5) is 0 Å². The second-order valence-corrected chi connectivity index (χ2v) is 7.74. The second-order valence-electron chi connectivity index (χ2n) is 7.74. The summed E-state index contributed by atoms with van der Waals surface area (Å²) in [5.74, 6) is 0. The Kier molecular flexibility index (Phi) is 11.6. The van der Waals surface area contributed by atoms with E-state index in [0.717, 1.165) is 33.8 Å². The SMILES string of the molecule is [Pt].c1ccc(-c2ccccn2)cc1.c1ccc(-c2ccccn2)cc1.c1ccc(-c2ccccn2)cc1. The number of pyridine rings is 3. The van der Waals surface area contributed by atoms with Gasteiger partial charge in [-0.25, -0.2) is 0 Å². The molecule has 0 aliphatic carbocycles. The zero-order valence-electron chi connectivity index (χ0n) is 20.2. The Hall–Kier alpha value is -4.20. The van der Waals surface area contributed by atoms with E-state index in [1.165, 1.54) is 0 Å². The van der Waals surface area contributed by atoms with Crippen molar-refractivity contribution in [3.63, 3.8) is 0 Å². The monoisotopic (exact) mass is 660 g/mol. The third-order valence-corrected chi connectivity index (χ3v) is 5.20. The fraction of sp³-hybridized carbons (Fsp3) is 0. The van der Waals surface area contributed by atoms with Gasteiger partial charge < -0.3 is 0 Å². The number of aromatic nitrogens is 3. The Balaban J connectivity index is 0.000000152. The molecule has 0 amide bonds. The van der Waals surface area contributed by atoms with E-state index in [2.05, 4.69) is 51.4 Å². The van der Waals surface area contributed by atoms with Crippen molar-refractivity contribution < 1.29 is 21.1 Å². The quantitative estimate of drug-likeness (QED) is 0.192. The molecule has 3 nitrogen and oxygen atoms in total.